The number of nitrogens with one attached hydrogen (secondary N) is 1. The van der Waals surface area contributed by atoms with E-state index >= 15 is 0 Å². The van der Waals surface area contributed by atoms with Crippen molar-refractivity contribution in [2.75, 3.05) is 24.5 Å². The molecule has 2 aromatic rings. The first-order valence-electron chi connectivity index (χ1n) is 7.35. The molecule has 2 heterocycles. The Balaban J connectivity index is 1.83. The molecule has 1 unspecified atom stereocenters. The maximum atomic E-state index is 9.48. The highest BCUT2D eigenvalue weighted by atomic mass is 16.3. The quantitative estimate of drug-likeness (QED) is 0.798. The lowest BCUT2D eigenvalue weighted by Crippen LogP contribution is -2.38. The fourth-order valence-corrected chi connectivity index (χ4v) is 2.87. The summed E-state index contributed by atoms with van der Waals surface area (Å²) in [6, 6.07) is 5.24. The third-order valence-corrected chi connectivity index (χ3v) is 4.07. The molecule has 1 saturated heterocycles. The average Bonchev–Trinajstić information content (AvgIpc) is 2.97. The number of aromatic hydroxyl groups is 1. The van der Waals surface area contributed by atoms with Crippen LogP contribution in [0.25, 0.3) is 11.4 Å². The SMILES string of the molecule is Cc1cc(O)ccc1-c1nc(N2CCCC(CN)C2)n[nH]1. The summed E-state index contributed by atoms with van der Waals surface area (Å²) in [6.07, 6.45) is 2.31. The number of phenols is 1. The summed E-state index contributed by atoms with van der Waals surface area (Å²) in [4.78, 5) is 6.79. The molecule has 0 aliphatic carbocycles. The van der Waals surface area contributed by atoms with Crippen LogP contribution in [0.15, 0.2) is 18.2 Å². The van der Waals surface area contributed by atoms with Crippen LogP contribution in [0.3, 0.4) is 0 Å². The van der Waals surface area contributed by atoms with Crippen LogP contribution in [0.1, 0.15) is 18.4 Å². The number of aryl methyl sites for hydroxylation is 1. The van der Waals surface area contributed by atoms with E-state index in [0.29, 0.717) is 12.5 Å². The second-order valence-electron chi connectivity index (χ2n) is 5.67. The van der Waals surface area contributed by atoms with Crippen molar-refractivity contribution < 1.29 is 5.11 Å². The summed E-state index contributed by atoms with van der Waals surface area (Å²) in [6.45, 7) is 4.55. The van der Waals surface area contributed by atoms with Crippen LogP contribution < -0.4 is 10.6 Å². The van der Waals surface area contributed by atoms with Crippen molar-refractivity contribution in [2.45, 2.75) is 19.8 Å². The fourth-order valence-electron chi connectivity index (χ4n) is 2.87. The first-order chi connectivity index (χ1) is 10.2. The van der Waals surface area contributed by atoms with E-state index in [1.165, 1.54) is 6.42 Å². The lowest BCUT2D eigenvalue weighted by atomic mass is 9.99. The van der Waals surface area contributed by atoms with Gasteiger partial charge in [0.1, 0.15) is 5.75 Å². The van der Waals surface area contributed by atoms with E-state index in [-0.39, 0.29) is 5.75 Å². The van der Waals surface area contributed by atoms with Crippen LogP contribution >= 0.6 is 0 Å². The van der Waals surface area contributed by atoms with Gasteiger partial charge in [-0.25, -0.2) is 0 Å². The van der Waals surface area contributed by atoms with Crippen molar-refractivity contribution in [3.8, 4) is 17.1 Å². The van der Waals surface area contributed by atoms with Crippen LogP contribution in [0, 0.1) is 12.8 Å². The van der Waals surface area contributed by atoms with Crippen molar-refractivity contribution in [3.63, 3.8) is 0 Å². The summed E-state index contributed by atoms with van der Waals surface area (Å²) in [5.41, 5.74) is 7.70. The molecule has 0 amide bonds. The molecule has 0 saturated carbocycles. The van der Waals surface area contributed by atoms with Crippen molar-refractivity contribution in [1.82, 2.24) is 15.2 Å². The molecule has 6 nitrogen and oxygen atoms in total. The summed E-state index contributed by atoms with van der Waals surface area (Å²) in [5.74, 6) is 2.25. The topological polar surface area (TPSA) is 91.1 Å². The average molecular weight is 287 g/mol. The van der Waals surface area contributed by atoms with Crippen molar-refractivity contribution in [3.05, 3.63) is 23.8 Å². The van der Waals surface area contributed by atoms with Gasteiger partial charge in [0, 0.05) is 18.7 Å². The van der Waals surface area contributed by atoms with E-state index in [2.05, 4.69) is 20.1 Å². The van der Waals surface area contributed by atoms with Gasteiger partial charge in [-0.05, 0) is 56.0 Å². The number of hydrogen-bond donors (Lipinski definition) is 3. The third-order valence-electron chi connectivity index (χ3n) is 4.07. The number of phenolic OH excluding ortho intramolecular Hbond substituents is 1. The van der Waals surface area contributed by atoms with Crippen molar-refractivity contribution in [1.29, 1.82) is 0 Å². The molecule has 1 aromatic carbocycles. The van der Waals surface area contributed by atoms with Crippen molar-refractivity contribution in [2.24, 2.45) is 11.7 Å². The molecule has 0 radical (unpaired) electrons. The number of nitrogens with two attached hydrogens (primary N) is 1. The van der Waals surface area contributed by atoms with Crippen LogP contribution in [0.4, 0.5) is 5.95 Å². The molecular weight excluding hydrogens is 266 g/mol. The highest BCUT2D eigenvalue weighted by molar-refractivity contribution is 5.62. The molecule has 6 heteroatoms. The van der Waals surface area contributed by atoms with E-state index in [1.807, 2.05) is 13.0 Å². The maximum absolute atomic E-state index is 9.48. The van der Waals surface area contributed by atoms with Gasteiger partial charge in [0.15, 0.2) is 5.82 Å². The number of H-pyrrole nitrogens is 1. The number of piperidine rings is 1. The van der Waals surface area contributed by atoms with E-state index in [0.717, 1.165) is 42.4 Å². The molecular formula is C15H21N5O. The zero-order chi connectivity index (χ0) is 14.8. The lowest BCUT2D eigenvalue weighted by molar-refractivity contribution is 0.420. The number of nitrogens with zero attached hydrogens (tertiary/aromatic N) is 3. The van der Waals surface area contributed by atoms with E-state index in [1.54, 1.807) is 12.1 Å². The monoisotopic (exact) mass is 287 g/mol. The van der Waals surface area contributed by atoms with E-state index in [4.69, 9.17) is 5.73 Å². The second-order valence-corrected chi connectivity index (χ2v) is 5.67. The summed E-state index contributed by atoms with van der Waals surface area (Å²) in [7, 11) is 0. The van der Waals surface area contributed by atoms with Gasteiger partial charge in [-0.2, -0.15) is 4.98 Å². The third kappa shape index (κ3) is 2.85. The highest BCUT2D eigenvalue weighted by Gasteiger charge is 2.22. The first-order valence-corrected chi connectivity index (χ1v) is 7.35. The van der Waals surface area contributed by atoms with Gasteiger partial charge in [0.25, 0.3) is 0 Å². The minimum Gasteiger partial charge on any atom is -0.508 e. The first kappa shape index (κ1) is 13.9. The zero-order valence-electron chi connectivity index (χ0n) is 12.2. The van der Waals surface area contributed by atoms with Gasteiger partial charge >= 0.3 is 0 Å². The molecule has 4 N–H and O–H groups in total. The van der Waals surface area contributed by atoms with Gasteiger partial charge in [0.2, 0.25) is 5.95 Å². The Morgan fingerprint density at radius 2 is 2.33 bits per heavy atom. The number of anilines is 1. The number of aromatic nitrogens is 3. The predicted molar refractivity (Wildman–Crippen MR) is 82.2 cm³/mol. The Hall–Kier alpha value is -2.08. The molecule has 3 rings (SSSR count). The maximum Gasteiger partial charge on any atom is 0.245 e. The van der Waals surface area contributed by atoms with Crippen LogP contribution in [-0.2, 0) is 0 Å². The Morgan fingerprint density at radius 1 is 1.48 bits per heavy atom. The van der Waals surface area contributed by atoms with Crippen LogP contribution in [-0.4, -0.2) is 39.9 Å². The molecule has 1 atom stereocenters. The molecule has 1 aliphatic rings. The number of aromatic amines is 1. The minimum atomic E-state index is 0.262. The Labute approximate surface area is 124 Å². The Bertz CT molecular complexity index is 624. The molecule has 0 bridgehead atoms. The van der Waals surface area contributed by atoms with Gasteiger partial charge < -0.3 is 15.7 Å². The predicted octanol–water partition coefficient (Wildman–Crippen LogP) is 1.66. The van der Waals surface area contributed by atoms with Crippen LogP contribution in [0.5, 0.6) is 5.75 Å². The molecule has 21 heavy (non-hydrogen) atoms. The van der Waals surface area contributed by atoms with E-state index in [9.17, 15) is 5.11 Å². The lowest BCUT2D eigenvalue weighted by Gasteiger charge is -2.31. The van der Waals surface area contributed by atoms with Crippen LogP contribution in [0.2, 0.25) is 0 Å². The number of hydrogen-bond acceptors (Lipinski definition) is 5. The number of benzene rings is 1. The Kier molecular flexibility index (Phi) is 3.79. The number of rotatable bonds is 3. The standard InChI is InChI=1S/C15H21N5O/c1-10-7-12(21)4-5-13(10)14-17-15(19-18-14)20-6-2-3-11(8-16)9-20/h4-5,7,11,21H,2-3,6,8-9,16H2,1H3,(H,17,18,19). The van der Waals surface area contributed by atoms with Gasteiger partial charge in [0.05, 0.1) is 0 Å². The van der Waals surface area contributed by atoms with Gasteiger partial charge in [-0.3, -0.25) is 5.10 Å². The van der Waals surface area contributed by atoms with Gasteiger partial charge in [-0.1, -0.05) is 0 Å². The second kappa shape index (κ2) is 5.73. The smallest absolute Gasteiger partial charge is 0.245 e. The fraction of sp³-hybridized carbons (Fsp3) is 0.467. The summed E-state index contributed by atoms with van der Waals surface area (Å²) in [5, 5.41) is 16.8. The van der Waals surface area contributed by atoms with Crippen molar-refractivity contribution >= 4 is 5.95 Å². The largest absolute Gasteiger partial charge is 0.508 e. The van der Waals surface area contributed by atoms with E-state index < -0.39 is 0 Å². The Morgan fingerprint density at radius 3 is 3.10 bits per heavy atom. The molecule has 0 spiro atoms. The minimum absolute atomic E-state index is 0.262. The molecule has 1 fully saturated rings. The molecule has 1 aliphatic heterocycles. The zero-order valence-corrected chi connectivity index (χ0v) is 12.2. The normalized spacial score (nSPS) is 19.0. The van der Waals surface area contributed by atoms with Gasteiger partial charge in [-0.15, -0.1) is 5.10 Å². The highest BCUT2D eigenvalue weighted by Crippen LogP contribution is 2.26. The summed E-state index contributed by atoms with van der Waals surface area (Å²) >= 11 is 0. The summed E-state index contributed by atoms with van der Waals surface area (Å²) < 4.78 is 0. The molecule has 1 aromatic heterocycles. The molecule has 112 valence electrons.